The van der Waals surface area contributed by atoms with Gasteiger partial charge < -0.3 is 16.2 Å². The highest BCUT2D eigenvalue weighted by Crippen LogP contribution is 2.28. The van der Waals surface area contributed by atoms with E-state index in [1.165, 1.54) is 24.2 Å². The first kappa shape index (κ1) is 9.89. The number of nitrogens with two attached hydrogens (primary N) is 1. The lowest BCUT2D eigenvalue weighted by atomic mass is 10.1. The molecular weight excluding hydrogens is 198 g/mol. The molecule has 2 rings (SSSR count). The molecule has 1 aromatic rings. The number of nitrogen functional groups attached to an aromatic ring is 1. The summed E-state index contributed by atoms with van der Waals surface area (Å²) in [5.41, 5.74) is 4.67. The van der Waals surface area contributed by atoms with Gasteiger partial charge in [-0.25, -0.2) is 4.98 Å². The van der Waals surface area contributed by atoms with Crippen LogP contribution in [0.3, 0.4) is 0 Å². The van der Waals surface area contributed by atoms with Gasteiger partial charge in [-0.1, -0.05) is 11.3 Å². The number of nitrogens with zero attached hydrogens (tertiary/aromatic N) is 1. The number of rotatable bonds is 4. The van der Waals surface area contributed by atoms with Crippen LogP contribution in [0.25, 0.3) is 0 Å². The lowest BCUT2D eigenvalue weighted by Crippen LogP contribution is -2.35. The fourth-order valence-electron chi connectivity index (χ4n) is 1.25. The Morgan fingerprint density at radius 1 is 1.79 bits per heavy atom. The van der Waals surface area contributed by atoms with Crippen molar-refractivity contribution in [3.05, 3.63) is 11.1 Å². The lowest BCUT2D eigenvalue weighted by Gasteiger charge is -2.21. The Kier molecular flexibility index (Phi) is 2.47. The van der Waals surface area contributed by atoms with E-state index in [-0.39, 0.29) is 0 Å². The molecule has 14 heavy (non-hydrogen) atoms. The summed E-state index contributed by atoms with van der Waals surface area (Å²) in [4.78, 5) is 4.76. The zero-order valence-electron chi connectivity index (χ0n) is 8.16. The van der Waals surface area contributed by atoms with Crippen molar-refractivity contribution in [2.75, 3.05) is 12.3 Å². The van der Waals surface area contributed by atoms with Gasteiger partial charge in [-0.3, -0.25) is 0 Å². The maximum Gasteiger partial charge on any atom is 0.180 e. The molecule has 1 saturated carbocycles. The molecule has 1 aliphatic rings. The molecule has 0 bridgehead atoms. The van der Waals surface area contributed by atoms with Gasteiger partial charge in [0.25, 0.3) is 0 Å². The summed E-state index contributed by atoms with van der Waals surface area (Å²) < 4.78 is 0. The molecule has 1 atom stereocenters. The van der Waals surface area contributed by atoms with Gasteiger partial charge in [0.15, 0.2) is 5.13 Å². The minimum absolute atomic E-state index is 0.506. The summed E-state index contributed by atoms with van der Waals surface area (Å²) in [6.07, 6.45) is 4.09. The molecule has 78 valence electrons. The molecule has 5 heteroatoms. The largest absolute Gasteiger partial charge is 0.383 e. The van der Waals surface area contributed by atoms with E-state index in [0.717, 1.165) is 4.88 Å². The monoisotopic (exact) mass is 213 g/mol. The van der Waals surface area contributed by atoms with Crippen molar-refractivity contribution in [1.29, 1.82) is 0 Å². The van der Waals surface area contributed by atoms with Crippen molar-refractivity contribution in [2.45, 2.75) is 31.4 Å². The smallest absolute Gasteiger partial charge is 0.180 e. The van der Waals surface area contributed by atoms with Gasteiger partial charge >= 0.3 is 0 Å². The SMILES string of the molecule is CC(O)(CNC1CC1)c1cnc(N)s1. The first-order chi connectivity index (χ1) is 6.58. The van der Waals surface area contributed by atoms with Crippen LogP contribution in [0.1, 0.15) is 24.6 Å². The summed E-state index contributed by atoms with van der Waals surface area (Å²) in [6, 6.07) is 0.603. The third kappa shape index (κ3) is 2.23. The van der Waals surface area contributed by atoms with E-state index >= 15 is 0 Å². The molecule has 1 heterocycles. The summed E-state index contributed by atoms with van der Waals surface area (Å²) in [5, 5.41) is 13.9. The summed E-state index contributed by atoms with van der Waals surface area (Å²) in [6.45, 7) is 2.36. The molecule has 1 aromatic heterocycles. The van der Waals surface area contributed by atoms with E-state index in [2.05, 4.69) is 10.3 Å². The van der Waals surface area contributed by atoms with Crippen LogP contribution in [0.5, 0.6) is 0 Å². The van der Waals surface area contributed by atoms with E-state index in [9.17, 15) is 5.11 Å². The number of aliphatic hydroxyl groups is 1. The minimum atomic E-state index is -0.849. The fourth-order valence-corrected chi connectivity index (χ4v) is 1.98. The number of thiazole rings is 1. The zero-order valence-corrected chi connectivity index (χ0v) is 8.97. The second kappa shape index (κ2) is 3.49. The Morgan fingerprint density at radius 3 is 3.00 bits per heavy atom. The first-order valence-corrected chi connectivity index (χ1v) is 5.57. The number of hydrogen-bond donors (Lipinski definition) is 3. The average molecular weight is 213 g/mol. The Hall–Kier alpha value is -0.650. The van der Waals surface area contributed by atoms with Gasteiger partial charge in [0, 0.05) is 18.8 Å². The van der Waals surface area contributed by atoms with Gasteiger partial charge in [-0.15, -0.1) is 0 Å². The molecule has 0 aliphatic heterocycles. The van der Waals surface area contributed by atoms with E-state index in [4.69, 9.17) is 5.73 Å². The predicted molar refractivity (Wildman–Crippen MR) is 57.1 cm³/mol. The first-order valence-electron chi connectivity index (χ1n) is 4.75. The topological polar surface area (TPSA) is 71.2 Å². The fraction of sp³-hybridized carbons (Fsp3) is 0.667. The van der Waals surface area contributed by atoms with Crippen LogP contribution < -0.4 is 11.1 Å². The molecular formula is C9H15N3OS. The van der Waals surface area contributed by atoms with Crippen molar-refractivity contribution in [3.8, 4) is 0 Å². The molecule has 4 nitrogen and oxygen atoms in total. The van der Waals surface area contributed by atoms with Crippen molar-refractivity contribution in [3.63, 3.8) is 0 Å². The van der Waals surface area contributed by atoms with E-state index < -0.39 is 5.60 Å². The minimum Gasteiger partial charge on any atom is -0.383 e. The molecule has 0 spiro atoms. The summed E-state index contributed by atoms with van der Waals surface area (Å²) in [7, 11) is 0. The molecule has 1 fully saturated rings. The predicted octanol–water partition coefficient (Wildman–Crippen LogP) is 0.685. The summed E-state index contributed by atoms with van der Waals surface area (Å²) in [5.74, 6) is 0. The Balaban J connectivity index is 1.98. The quantitative estimate of drug-likeness (QED) is 0.688. The van der Waals surface area contributed by atoms with E-state index in [1.807, 2.05) is 0 Å². The molecule has 1 aliphatic carbocycles. The third-order valence-electron chi connectivity index (χ3n) is 2.37. The van der Waals surface area contributed by atoms with Gasteiger partial charge in [-0.2, -0.15) is 0 Å². The van der Waals surface area contributed by atoms with Crippen LogP contribution in [0.2, 0.25) is 0 Å². The lowest BCUT2D eigenvalue weighted by molar-refractivity contribution is 0.0601. The van der Waals surface area contributed by atoms with Gasteiger partial charge in [0.2, 0.25) is 0 Å². The highest BCUT2D eigenvalue weighted by atomic mass is 32.1. The highest BCUT2D eigenvalue weighted by Gasteiger charge is 2.29. The maximum absolute atomic E-state index is 10.1. The van der Waals surface area contributed by atoms with Crippen LogP contribution in [0.15, 0.2) is 6.20 Å². The molecule has 0 aromatic carbocycles. The Labute approximate surface area is 87.2 Å². The molecule has 0 radical (unpaired) electrons. The number of hydrogen-bond acceptors (Lipinski definition) is 5. The number of anilines is 1. The van der Waals surface area contributed by atoms with Crippen molar-refractivity contribution in [2.24, 2.45) is 0 Å². The van der Waals surface area contributed by atoms with Crippen LogP contribution in [-0.4, -0.2) is 22.7 Å². The average Bonchev–Trinajstić information content (AvgIpc) is 2.85. The Bertz CT molecular complexity index is 320. The van der Waals surface area contributed by atoms with E-state index in [1.54, 1.807) is 13.1 Å². The normalized spacial score (nSPS) is 20.7. The van der Waals surface area contributed by atoms with Crippen LogP contribution >= 0.6 is 11.3 Å². The van der Waals surface area contributed by atoms with Gasteiger partial charge in [-0.05, 0) is 19.8 Å². The molecule has 0 amide bonds. The third-order valence-corrected chi connectivity index (χ3v) is 3.45. The maximum atomic E-state index is 10.1. The van der Waals surface area contributed by atoms with Crippen LogP contribution in [0.4, 0.5) is 5.13 Å². The summed E-state index contributed by atoms with van der Waals surface area (Å²) >= 11 is 1.34. The zero-order chi connectivity index (χ0) is 10.2. The van der Waals surface area contributed by atoms with Crippen molar-refractivity contribution in [1.82, 2.24) is 10.3 Å². The standard InChI is InChI=1S/C9H15N3OS/c1-9(13,5-12-6-2-3-6)7-4-11-8(10)14-7/h4,6,12-13H,2-3,5H2,1H3,(H2,10,11). The highest BCUT2D eigenvalue weighted by molar-refractivity contribution is 7.15. The Morgan fingerprint density at radius 2 is 2.50 bits per heavy atom. The van der Waals surface area contributed by atoms with Gasteiger partial charge in [0.05, 0.1) is 4.88 Å². The second-order valence-corrected chi connectivity index (χ2v) is 5.05. The molecule has 4 N–H and O–H groups in total. The number of aromatic nitrogens is 1. The molecule has 0 saturated heterocycles. The van der Waals surface area contributed by atoms with Crippen molar-refractivity contribution >= 4 is 16.5 Å². The van der Waals surface area contributed by atoms with Gasteiger partial charge in [0.1, 0.15) is 5.60 Å². The second-order valence-electron chi connectivity index (χ2n) is 3.99. The van der Waals surface area contributed by atoms with Crippen LogP contribution in [-0.2, 0) is 5.60 Å². The van der Waals surface area contributed by atoms with Crippen molar-refractivity contribution < 1.29 is 5.11 Å². The van der Waals surface area contributed by atoms with E-state index in [0.29, 0.717) is 17.7 Å². The molecule has 1 unspecified atom stereocenters. The number of nitrogens with one attached hydrogen (secondary N) is 1. The van der Waals surface area contributed by atoms with Crippen LogP contribution in [0, 0.1) is 0 Å².